The molecule has 0 amide bonds. The number of ether oxygens (including phenoxy) is 1. The molecule has 0 aliphatic carbocycles. The Hall–Kier alpha value is -0.750. The van der Waals surface area contributed by atoms with Gasteiger partial charge in [0.15, 0.2) is 6.23 Å². The Morgan fingerprint density at radius 1 is 1.38 bits per heavy atom. The molecule has 1 aliphatic rings. The monoisotopic (exact) mass is 412 g/mol. The van der Waals surface area contributed by atoms with Crippen molar-refractivity contribution in [3.8, 4) is 0 Å². The first-order chi connectivity index (χ1) is 9.48. The van der Waals surface area contributed by atoms with Crippen LogP contribution in [0.5, 0.6) is 0 Å². The molecule has 4 N–H and O–H groups in total. The van der Waals surface area contributed by atoms with Crippen LogP contribution in [0.4, 0.5) is 0 Å². The Morgan fingerprint density at radius 3 is 2.43 bits per heavy atom. The maximum atomic E-state index is 11.9. The van der Waals surface area contributed by atoms with Gasteiger partial charge < -0.3 is 20.1 Å². The zero-order chi connectivity index (χ0) is 16.2. The number of nitrogens with one attached hydrogen (secondary N) is 1. The van der Waals surface area contributed by atoms with Crippen molar-refractivity contribution in [2.24, 2.45) is 0 Å². The first-order valence-corrected chi connectivity index (χ1v) is 7.30. The summed E-state index contributed by atoms with van der Waals surface area (Å²) in [5.41, 5.74) is -6.48. The lowest BCUT2D eigenvalue weighted by Gasteiger charge is -2.39. The summed E-state index contributed by atoms with van der Waals surface area (Å²) in [7, 11) is 0. The van der Waals surface area contributed by atoms with Gasteiger partial charge in [-0.3, -0.25) is 14.3 Å². The van der Waals surface area contributed by atoms with Crippen LogP contribution in [0.25, 0.3) is 0 Å². The number of halogens is 1. The summed E-state index contributed by atoms with van der Waals surface area (Å²) in [5.74, 6) is 0. The van der Waals surface area contributed by atoms with Gasteiger partial charge in [0.1, 0.15) is 16.8 Å². The van der Waals surface area contributed by atoms with E-state index in [0.717, 1.165) is 4.57 Å². The maximum Gasteiger partial charge on any atom is 0.330 e. The van der Waals surface area contributed by atoms with Gasteiger partial charge in [-0.15, -0.1) is 0 Å². The van der Waals surface area contributed by atoms with E-state index in [1.165, 1.54) is 27.0 Å². The van der Waals surface area contributed by atoms with Crippen molar-refractivity contribution < 1.29 is 20.1 Å². The molecule has 9 heteroatoms. The van der Waals surface area contributed by atoms with E-state index in [0.29, 0.717) is 0 Å². The van der Waals surface area contributed by atoms with Crippen LogP contribution in [0.15, 0.2) is 15.8 Å². The number of nitrogens with zero attached hydrogens (tertiary/aromatic N) is 1. The molecule has 21 heavy (non-hydrogen) atoms. The normalized spacial score (nSPS) is 39.7. The second kappa shape index (κ2) is 4.88. The topological polar surface area (TPSA) is 125 Å². The van der Waals surface area contributed by atoms with Gasteiger partial charge in [-0.25, -0.2) is 4.79 Å². The van der Waals surface area contributed by atoms with E-state index in [-0.39, 0.29) is 3.57 Å². The second-order valence-corrected chi connectivity index (χ2v) is 6.88. The zero-order valence-corrected chi connectivity index (χ0v) is 13.9. The number of aromatic amines is 1. The lowest BCUT2D eigenvalue weighted by Crippen LogP contribution is -2.60. The average molecular weight is 412 g/mol. The summed E-state index contributed by atoms with van der Waals surface area (Å²) in [4.78, 5) is 25.5. The minimum Gasteiger partial charge on any atom is -0.393 e. The number of hydrogen-bond donors (Lipinski definition) is 4. The number of aromatic nitrogens is 2. The fourth-order valence-electron chi connectivity index (χ4n) is 2.41. The lowest BCUT2D eigenvalue weighted by atomic mass is 9.76. The fraction of sp³-hybridized carbons (Fsp3) is 0.667. The van der Waals surface area contributed by atoms with Gasteiger partial charge in [0.2, 0.25) is 0 Å². The molecule has 0 bridgehead atoms. The third-order valence-electron chi connectivity index (χ3n) is 4.35. The van der Waals surface area contributed by atoms with Crippen molar-refractivity contribution in [3.63, 3.8) is 0 Å². The summed E-state index contributed by atoms with van der Waals surface area (Å²) in [6.07, 6.45) is -0.0254. The van der Waals surface area contributed by atoms with E-state index >= 15 is 0 Å². The van der Waals surface area contributed by atoms with E-state index in [4.69, 9.17) is 4.74 Å². The van der Waals surface area contributed by atoms with Crippen molar-refractivity contribution in [1.82, 2.24) is 9.55 Å². The Kier molecular flexibility index (Phi) is 3.86. The third kappa shape index (κ3) is 2.18. The smallest absolute Gasteiger partial charge is 0.330 e. The summed E-state index contributed by atoms with van der Waals surface area (Å²) in [5, 5.41) is 30.7. The van der Waals surface area contributed by atoms with E-state index in [9.17, 15) is 24.9 Å². The van der Waals surface area contributed by atoms with Crippen molar-refractivity contribution >= 4 is 22.6 Å². The van der Waals surface area contributed by atoms with Gasteiger partial charge in [0.05, 0.1) is 10.2 Å². The predicted octanol–water partition coefficient (Wildman–Crippen LogP) is -1.08. The number of H-pyrrole nitrogens is 1. The SMILES string of the molecule is CC1(CO)OC(n2cc(I)c(=O)[nH]c2=O)C(C)(O)C1(C)O. The summed E-state index contributed by atoms with van der Waals surface area (Å²) >= 11 is 1.74. The van der Waals surface area contributed by atoms with Crippen LogP contribution in [0, 0.1) is 3.57 Å². The van der Waals surface area contributed by atoms with Crippen LogP contribution < -0.4 is 11.2 Å². The summed E-state index contributed by atoms with van der Waals surface area (Å²) in [6.45, 7) is 3.51. The molecule has 0 radical (unpaired) electrons. The molecular formula is C12H17IN2O6. The lowest BCUT2D eigenvalue weighted by molar-refractivity contribution is -0.162. The average Bonchev–Trinajstić information content (AvgIpc) is 2.52. The Bertz CT molecular complexity index is 679. The predicted molar refractivity (Wildman–Crippen MR) is 80.9 cm³/mol. The fourth-order valence-corrected chi connectivity index (χ4v) is 2.84. The molecule has 0 spiro atoms. The molecule has 1 aromatic rings. The molecule has 8 nitrogen and oxygen atoms in total. The standard InChI is InChI=1S/C12H17IN2O6/c1-10(5-16)12(3,20)11(2,19)8(21-10)15-4-6(13)7(17)14-9(15)18/h4,8,16,19-20H,5H2,1-3H3,(H,14,17,18). The van der Waals surface area contributed by atoms with Crippen LogP contribution in [0.3, 0.4) is 0 Å². The summed E-state index contributed by atoms with van der Waals surface area (Å²) in [6, 6.07) is 0. The van der Waals surface area contributed by atoms with Crippen LogP contribution in [0.2, 0.25) is 0 Å². The third-order valence-corrected chi connectivity index (χ3v) is 5.12. The molecule has 4 atom stereocenters. The highest BCUT2D eigenvalue weighted by molar-refractivity contribution is 14.1. The Balaban J connectivity index is 2.64. The Labute approximate surface area is 133 Å². The molecule has 1 saturated heterocycles. The molecule has 0 saturated carbocycles. The van der Waals surface area contributed by atoms with Crippen LogP contribution in [-0.2, 0) is 4.74 Å². The first-order valence-electron chi connectivity index (χ1n) is 6.22. The molecule has 1 aliphatic heterocycles. The minimum absolute atomic E-state index is 0.226. The molecule has 0 aromatic carbocycles. The molecule has 1 aromatic heterocycles. The van der Waals surface area contributed by atoms with E-state index in [2.05, 4.69) is 4.98 Å². The quantitative estimate of drug-likeness (QED) is 0.459. The highest BCUT2D eigenvalue weighted by Gasteiger charge is 2.67. The highest BCUT2D eigenvalue weighted by Crippen LogP contribution is 2.50. The number of hydrogen-bond acceptors (Lipinski definition) is 6. The van der Waals surface area contributed by atoms with Crippen LogP contribution in [-0.4, -0.2) is 48.3 Å². The van der Waals surface area contributed by atoms with Crippen LogP contribution >= 0.6 is 22.6 Å². The van der Waals surface area contributed by atoms with Crippen molar-refractivity contribution in [2.45, 2.75) is 43.8 Å². The van der Waals surface area contributed by atoms with Gasteiger partial charge in [0, 0.05) is 6.20 Å². The van der Waals surface area contributed by atoms with E-state index in [1.807, 2.05) is 0 Å². The number of rotatable bonds is 2. The van der Waals surface area contributed by atoms with Gasteiger partial charge >= 0.3 is 5.69 Å². The first kappa shape index (κ1) is 16.6. The molecule has 118 valence electrons. The molecule has 1 fully saturated rings. The van der Waals surface area contributed by atoms with E-state index in [1.54, 1.807) is 22.6 Å². The van der Waals surface area contributed by atoms with E-state index < -0.39 is 40.9 Å². The van der Waals surface area contributed by atoms with Crippen molar-refractivity contribution in [2.75, 3.05) is 6.61 Å². The van der Waals surface area contributed by atoms with Gasteiger partial charge in [-0.1, -0.05) is 0 Å². The number of aliphatic hydroxyl groups is 3. The number of aliphatic hydroxyl groups excluding tert-OH is 1. The van der Waals surface area contributed by atoms with Crippen molar-refractivity contribution in [1.29, 1.82) is 0 Å². The van der Waals surface area contributed by atoms with Gasteiger partial charge in [-0.2, -0.15) is 0 Å². The molecule has 2 heterocycles. The second-order valence-electron chi connectivity index (χ2n) is 5.72. The van der Waals surface area contributed by atoms with Crippen LogP contribution in [0.1, 0.15) is 27.0 Å². The molecule has 2 rings (SSSR count). The zero-order valence-electron chi connectivity index (χ0n) is 11.8. The van der Waals surface area contributed by atoms with Crippen molar-refractivity contribution in [3.05, 3.63) is 30.6 Å². The Morgan fingerprint density at radius 2 is 1.95 bits per heavy atom. The largest absolute Gasteiger partial charge is 0.393 e. The van der Waals surface area contributed by atoms with Gasteiger partial charge in [-0.05, 0) is 43.4 Å². The van der Waals surface area contributed by atoms with Gasteiger partial charge in [0.25, 0.3) is 5.56 Å². The maximum absolute atomic E-state index is 11.9. The minimum atomic E-state index is -1.87. The molecule has 4 unspecified atom stereocenters. The summed E-state index contributed by atoms with van der Waals surface area (Å²) < 4.78 is 6.80. The molecular weight excluding hydrogens is 395 g/mol. The highest BCUT2D eigenvalue weighted by atomic mass is 127.